The van der Waals surface area contributed by atoms with E-state index in [0.29, 0.717) is 21.9 Å². The fourth-order valence-electron chi connectivity index (χ4n) is 1.79. The molecule has 0 aliphatic rings. The van der Waals surface area contributed by atoms with Crippen LogP contribution in [0.25, 0.3) is 0 Å². The summed E-state index contributed by atoms with van der Waals surface area (Å²) in [6, 6.07) is 7.08. The summed E-state index contributed by atoms with van der Waals surface area (Å²) < 4.78 is 36.6. The minimum atomic E-state index is -1.05. The van der Waals surface area contributed by atoms with Crippen LogP contribution >= 0.6 is 15.9 Å². The molecule has 0 radical (unpaired) electrons. The van der Waals surface area contributed by atoms with Crippen LogP contribution in [0.3, 0.4) is 0 Å². The van der Waals surface area contributed by atoms with Crippen molar-refractivity contribution in [3.05, 3.63) is 63.6 Å². The molecule has 0 amide bonds. The Kier molecular flexibility index (Phi) is 5.44. The molecule has 0 bridgehead atoms. The average Bonchev–Trinajstić information content (AvgIpc) is 2.52. The first-order valence-corrected chi connectivity index (χ1v) is 7.20. The number of esters is 1. The quantitative estimate of drug-likeness (QED) is 0.581. The van der Waals surface area contributed by atoms with E-state index in [4.69, 9.17) is 9.47 Å². The van der Waals surface area contributed by atoms with E-state index in [1.807, 2.05) is 0 Å². The smallest absolute Gasteiger partial charge is 0.341 e. The molecule has 2 rings (SSSR count). The van der Waals surface area contributed by atoms with Crippen LogP contribution < -0.4 is 4.74 Å². The van der Waals surface area contributed by atoms with E-state index in [9.17, 15) is 18.4 Å². The number of carbonyl (C=O) groups excluding carboxylic acids is 2. The minimum Gasteiger partial charge on any atom is -0.496 e. The summed E-state index contributed by atoms with van der Waals surface area (Å²) in [7, 11) is 1.49. The normalized spacial score (nSPS) is 10.3. The molecule has 0 N–H and O–H groups in total. The standard InChI is InChI=1S/C16H11BrF2O4/c1-22-15-5-2-9(6-12(15)17)14(20)8-23-16(21)11-4-3-10(18)7-13(11)19/h2-7H,8H2,1H3. The van der Waals surface area contributed by atoms with Crippen molar-refractivity contribution in [2.45, 2.75) is 0 Å². The highest BCUT2D eigenvalue weighted by atomic mass is 79.9. The van der Waals surface area contributed by atoms with Crippen LogP contribution in [0, 0.1) is 11.6 Å². The minimum absolute atomic E-state index is 0.296. The Bertz CT molecular complexity index is 762. The fourth-order valence-corrected chi connectivity index (χ4v) is 2.33. The molecular formula is C16H11BrF2O4. The van der Waals surface area contributed by atoms with Crippen LogP contribution in [0.2, 0.25) is 0 Å². The Hall–Kier alpha value is -2.28. The molecule has 0 saturated carbocycles. The molecule has 0 aliphatic heterocycles. The van der Waals surface area contributed by atoms with Gasteiger partial charge in [-0.1, -0.05) is 0 Å². The zero-order valence-electron chi connectivity index (χ0n) is 11.9. The van der Waals surface area contributed by atoms with Crippen molar-refractivity contribution in [2.24, 2.45) is 0 Å². The van der Waals surface area contributed by atoms with Crippen molar-refractivity contribution in [3.8, 4) is 5.75 Å². The van der Waals surface area contributed by atoms with Gasteiger partial charge in [0, 0.05) is 11.6 Å². The van der Waals surface area contributed by atoms with Crippen LogP contribution in [0.5, 0.6) is 5.75 Å². The van der Waals surface area contributed by atoms with Gasteiger partial charge in [-0.2, -0.15) is 0 Å². The largest absolute Gasteiger partial charge is 0.496 e. The topological polar surface area (TPSA) is 52.6 Å². The number of methoxy groups -OCH3 is 1. The molecule has 2 aromatic carbocycles. The molecule has 120 valence electrons. The summed E-state index contributed by atoms with van der Waals surface area (Å²) in [6.07, 6.45) is 0. The Morgan fingerprint density at radius 2 is 1.87 bits per heavy atom. The lowest BCUT2D eigenvalue weighted by atomic mass is 10.1. The molecule has 0 fully saturated rings. The van der Waals surface area contributed by atoms with Crippen LogP contribution in [0.4, 0.5) is 8.78 Å². The molecule has 4 nitrogen and oxygen atoms in total. The van der Waals surface area contributed by atoms with E-state index in [1.54, 1.807) is 6.07 Å². The van der Waals surface area contributed by atoms with Gasteiger partial charge in [-0.3, -0.25) is 4.79 Å². The van der Waals surface area contributed by atoms with Crippen LogP contribution in [0.1, 0.15) is 20.7 Å². The molecule has 0 spiro atoms. The van der Waals surface area contributed by atoms with Crippen molar-refractivity contribution in [1.29, 1.82) is 0 Å². The lowest BCUT2D eigenvalue weighted by Crippen LogP contribution is -2.15. The summed E-state index contributed by atoms with van der Waals surface area (Å²) in [5.41, 5.74) is -0.139. The molecule has 2 aromatic rings. The van der Waals surface area contributed by atoms with Gasteiger partial charge >= 0.3 is 5.97 Å². The molecule has 0 unspecified atom stereocenters. The zero-order valence-corrected chi connectivity index (χ0v) is 13.5. The van der Waals surface area contributed by atoms with Crippen molar-refractivity contribution in [2.75, 3.05) is 13.7 Å². The van der Waals surface area contributed by atoms with Crippen LogP contribution in [-0.2, 0) is 4.74 Å². The molecule has 0 atom stereocenters. The third-order valence-corrected chi connectivity index (χ3v) is 3.58. The highest BCUT2D eigenvalue weighted by Crippen LogP contribution is 2.25. The van der Waals surface area contributed by atoms with Gasteiger partial charge in [0.1, 0.15) is 17.4 Å². The average molecular weight is 385 g/mol. The molecule has 0 saturated heterocycles. The van der Waals surface area contributed by atoms with E-state index >= 15 is 0 Å². The van der Waals surface area contributed by atoms with E-state index in [0.717, 1.165) is 12.1 Å². The highest BCUT2D eigenvalue weighted by molar-refractivity contribution is 9.10. The van der Waals surface area contributed by atoms with Crippen molar-refractivity contribution >= 4 is 27.7 Å². The number of ether oxygens (including phenoxy) is 2. The maximum atomic E-state index is 13.4. The molecule has 23 heavy (non-hydrogen) atoms. The fraction of sp³-hybridized carbons (Fsp3) is 0.125. The van der Waals surface area contributed by atoms with Gasteiger partial charge in [-0.25, -0.2) is 13.6 Å². The molecular weight excluding hydrogens is 374 g/mol. The number of halogens is 3. The monoisotopic (exact) mass is 384 g/mol. The number of Topliss-reactive ketones (excluding diaryl/α,β-unsaturated/α-hetero) is 1. The maximum Gasteiger partial charge on any atom is 0.341 e. The number of benzene rings is 2. The first kappa shape index (κ1) is 17.1. The van der Waals surface area contributed by atoms with Gasteiger partial charge in [0.15, 0.2) is 12.4 Å². The number of ketones is 1. The molecule has 0 aliphatic carbocycles. The molecule has 7 heteroatoms. The maximum absolute atomic E-state index is 13.4. The first-order chi connectivity index (χ1) is 10.9. The number of hydrogen-bond donors (Lipinski definition) is 0. The summed E-state index contributed by atoms with van der Waals surface area (Å²) in [5.74, 6) is -2.81. The number of carbonyl (C=O) groups is 2. The van der Waals surface area contributed by atoms with Crippen LogP contribution in [0.15, 0.2) is 40.9 Å². The van der Waals surface area contributed by atoms with Gasteiger partial charge in [0.25, 0.3) is 0 Å². The van der Waals surface area contributed by atoms with Crippen molar-refractivity contribution in [1.82, 2.24) is 0 Å². The summed E-state index contributed by atoms with van der Waals surface area (Å²) in [5, 5.41) is 0. The lowest BCUT2D eigenvalue weighted by molar-refractivity contribution is 0.0470. The van der Waals surface area contributed by atoms with E-state index in [1.165, 1.54) is 19.2 Å². The van der Waals surface area contributed by atoms with Crippen molar-refractivity contribution < 1.29 is 27.8 Å². The Balaban J connectivity index is 2.04. The van der Waals surface area contributed by atoms with Crippen LogP contribution in [-0.4, -0.2) is 25.5 Å². The third-order valence-electron chi connectivity index (χ3n) is 2.96. The SMILES string of the molecule is COc1ccc(C(=O)COC(=O)c2ccc(F)cc2F)cc1Br. The molecule has 0 heterocycles. The molecule has 0 aromatic heterocycles. The second-order valence-electron chi connectivity index (χ2n) is 4.47. The summed E-state index contributed by atoms with van der Waals surface area (Å²) in [4.78, 5) is 23.7. The predicted octanol–water partition coefficient (Wildman–Crippen LogP) is 3.78. The third kappa shape index (κ3) is 4.13. The predicted molar refractivity (Wildman–Crippen MR) is 81.7 cm³/mol. The zero-order chi connectivity index (χ0) is 17.0. The second-order valence-corrected chi connectivity index (χ2v) is 5.33. The number of rotatable bonds is 5. The highest BCUT2D eigenvalue weighted by Gasteiger charge is 2.16. The van der Waals surface area contributed by atoms with E-state index in [-0.39, 0.29) is 0 Å². The van der Waals surface area contributed by atoms with Gasteiger partial charge in [-0.15, -0.1) is 0 Å². The summed E-state index contributed by atoms with van der Waals surface area (Å²) in [6.45, 7) is -0.561. The summed E-state index contributed by atoms with van der Waals surface area (Å²) >= 11 is 3.24. The van der Waals surface area contributed by atoms with Gasteiger partial charge < -0.3 is 9.47 Å². The Morgan fingerprint density at radius 1 is 1.13 bits per heavy atom. The van der Waals surface area contributed by atoms with Gasteiger partial charge in [0.05, 0.1) is 17.1 Å². The Morgan fingerprint density at radius 3 is 2.48 bits per heavy atom. The van der Waals surface area contributed by atoms with E-state index in [2.05, 4.69) is 15.9 Å². The first-order valence-electron chi connectivity index (χ1n) is 6.41. The number of hydrogen-bond acceptors (Lipinski definition) is 4. The second kappa shape index (κ2) is 7.32. The Labute approximate surface area is 139 Å². The van der Waals surface area contributed by atoms with Crippen molar-refractivity contribution in [3.63, 3.8) is 0 Å². The van der Waals surface area contributed by atoms with Gasteiger partial charge in [-0.05, 0) is 46.3 Å². The van der Waals surface area contributed by atoms with E-state index < -0.39 is 35.6 Å². The lowest BCUT2D eigenvalue weighted by Gasteiger charge is -2.07. The van der Waals surface area contributed by atoms with Gasteiger partial charge in [0.2, 0.25) is 0 Å².